The van der Waals surface area contributed by atoms with Crippen molar-refractivity contribution >= 4 is 56.2 Å². The van der Waals surface area contributed by atoms with E-state index in [2.05, 4.69) is 10.2 Å². The highest BCUT2D eigenvalue weighted by Gasteiger charge is 2.26. The number of hydrogen-bond acceptors (Lipinski definition) is 10. The minimum atomic E-state index is -4.83. The van der Waals surface area contributed by atoms with Crippen molar-refractivity contribution in [3.63, 3.8) is 0 Å². The Morgan fingerprint density at radius 1 is 1.23 bits per heavy atom. The molecule has 30 heavy (non-hydrogen) atoms. The number of nitro groups is 1. The van der Waals surface area contributed by atoms with Gasteiger partial charge in [0.05, 0.1) is 11.5 Å². The summed E-state index contributed by atoms with van der Waals surface area (Å²) in [7, 11) is -4.83. The normalized spacial score (nSPS) is 11.4. The Morgan fingerprint density at radius 3 is 2.37 bits per heavy atom. The fourth-order valence-corrected chi connectivity index (χ4v) is 3.08. The first-order valence-corrected chi connectivity index (χ1v) is 10.0. The maximum atomic E-state index is 11.5. The van der Waals surface area contributed by atoms with E-state index in [1.54, 1.807) is 0 Å². The Balaban J connectivity index is 2.73. The highest BCUT2D eigenvalue weighted by molar-refractivity contribution is 14.1. The number of nitrogens with zero attached hydrogens (tertiary/aromatic N) is 3. The number of halogens is 1. The second-order valence-corrected chi connectivity index (χ2v) is 7.24. The van der Waals surface area contributed by atoms with Crippen molar-refractivity contribution < 1.29 is 40.7 Å². The summed E-state index contributed by atoms with van der Waals surface area (Å²) in [5.41, 5.74) is -1.93. The van der Waals surface area contributed by atoms with Gasteiger partial charge in [-0.1, -0.05) is 0 Å². The molecule has 0 bridgehead atoms. The third kappa shape index (κ3) is 5.10. The van der Waals surface area contributed by atoms with Crippen LogP contribution in [0, 0.1) is 10.1 Å². The van der Waals surface area contributed by atoms with Crippen LogP contribution in [0.2, 0.25) is 0 Å². The van der Waals surface area contributed by atoms with Gasteiger partial charge in [0.15, 0.2) is 28.8 Å². The molecule has 0 spiro atoms. The summed E-state index contributed by atoms with van der Waals surface area (Å²) in [5, 5.41) is 37.6. The molecule has 0 atom stereocenters. The number of aromatic hydroxyl groups is 1. The number of rotatable bonds is 8. The van der Waals surface area contributed by atoms with Crippen molar-refractivity contribution in [2.24, 2.45) is 10.2 Å². The van der Waals surface area contributed by atoms with Crippen molar-refractivity contribution in [3.8, 4) is 17.2 Å². The van der Waals surface area contributed by atoms with Crippen LogP contribution in [0.1, 0.15) is 17.3 Å². The molecule has 0 aliphatic heterocycles. The molecule has 0 saturated heterocycles. The van der Waals surface area contributed by atoms with E-state index >= 15 is 0 Å². The average Bonchev–Trinajstić information content (AvgIpc) is 2.66. The second-order valence-electron chi connectivity index (χ2n) is 5.38. The largest absolute Gasteiger partial charge is 0.507 e. The summed E-state index contributed by atoms with van der Waals surface area (Å²) >= 11 is 1.44. The fraction of sp³-hybridized carbons (Fsp3) is 0.133. The van der Waals surface area contributed by atoms with Crippen LogP contribution in [0.5, 0.6) is 17.2 Å². The highest BCUT2D eigenvalue weighted by Crippen LogP contribution is 2.42. The van der Waals surface area contributed by atoms with Crippen LogP contribution in [0.25, 0.3) is 0 Å². The van der Waals surface area contributed by atoms with Gasteiger partial charge in [-0.25, -0.2) is 4.79 Å². The lowest BCUT2D eigenvalue weighted by atomic mass is 10.1. The monoisotopic (exact) mass is 553 g/mol. The molecule has 0 radical (unpaired) electrons. The molecule has 0 heterocycles. The zero-order valence-corrected chi connectivity index (χ0v) is 17.8. The van der Waals surface area contributed by atoms with E-state index in [9.17, 15) is 33.0 Å². The zero-order chi connectivity index (χ0) is 22.6. The maximum Gasteiger partial charge on any atom is 0.339 e. The van der Waals surface area contributed by atoms with Crippen molar-refractivity contribution in [3.05, 3.63) is 39.9 Å². The average molecular weight is 553 g/mol. The molecular weight excluding hydrogens is 541 g/mol. The van der Waals surface area contributed by atoms with Crippen LogP contribution in [0.4, 0.5) is 17.1 Å². The van der Waals surface area contributed by atoms with E-state index in [-0.39, 0.29) is 18.0 Å². The second kappa shape index (κ2) is 9.18. The third-order valence-electron chi connectivity index (χ3n) is 3.46. The van der Waals surface area contributed by atoms with Gasteiger partial charge in [-0.15, -0.1) is 10.2 Å². The van der Waals surface area contributed by atoms with Gasteiger partial charge in [0.2, 0.25) is 5.75 Å². The molecule has 3 N–H and O–H groups in total. The number of hydrogen-bond donors (Lipinski definition) is 3. The first-order valence-electron chi connectivity index (χ1n) is 7.73. The van der Waals surface area contributed by atoms with Crippen LogP contribution < -0.4 is 7.80 Å². The van der Waals surface area contributed by atoms with Crippen LogP contribution >= 0.6 is 23.0 Å². The molecule has 0 saturated carbocycles. The lowest BCUT2D eigenvalue weighted by Gasteiger charge is -2.09. The molecule has 15 heteroatoms. The van der Waals surface area contributed by atoms with Gasteiger partial charge in [0.1, 0.15) is 27.6 Å². The summed E-state index contributed by atoms with van der Waals surface area (Å²) in [5.74, 6) is -2.59. The van der Waals surface area contributed by atoms with E-state index in [1.807, 2.05) is 0 Å². The molecule has 160 valence electrons. The molecule has 2 aromatic carbocycles. The van der Waals surface area contributed by atoms with E-state index in [4.69, 9.17) is 12.9 Å². The van der Waals surface area contributed by atoms with Gasteiger partial charge < -0.3 is 18.0 Å². The smallest absolute Gasteiger partial charge is 0.339 e. The van der Waals surface area contributed by atoms with E-state index in [0.29, 0.717) is 6.07 Å². The highest BCUT2D eigenvalue weighted by atomic mass is 127. The number of carboxylic acid groups (broad SMARTS) is 1. The van der Waals surface area contributed by atoms with Crippen molar-refractivity contribution in [2.75, 3.05) is 6.61 Å². The Hall–Kier alpha value is -3.05. The predicted octanol–water partition coefficient (Wildman–Crippen LogP) is 3.79. The summed E-state index contributed by atoms with van der Waals surface area (Å²) in [6.45, 7) is 1.47. The molecule has 0 unspecified atom stereocenters. The quantitative estimate of drug-likeness (QED) is 0.142. The van der Waals surface area contributed by atoms with Crippen LogP contribution in [-0.2, 0) is 10.1 Å². The topological polar surface area (TPSA) is 198 Å². The number of aromatic carboxylic acids is 1. The zero-order valence-electron chi connectivity index (χ0n) is 14.8. The first-order chi connectivity index (χ1) is 14.0. The Morgan fingerprint density at radius 2 is 1.87 bits per heavy atom. The fourth-order valence-electron chi connectivity index (χ4n) is 2.20. The SMILES string of the molecule is CCOc1c(N=Nc2cc(C(=O)O)c(O)cc2OI)cc(S(=O)(=O)O)cc1[N+](=O)[O-]. The molecule has 13 nitrogen and oxygen atoms in total. The van der Waals surface area contributed by atoms with Gasteiger partial charge in [-0.3, -0.25) is 14.7 Å². The van der Waals surface area contributed by atoms with Crippen LogP contribution in [0.15, 0.2) is 39.4 Å². The van der Waals surface area contributed by atoms with Gasteiger partial charge in [-0.2, -0.15) is 8.42 Å². The number of ether oxygens (including phenoxy) is 1. The summed E-state index contributed by atoms with van der Waals surface area (Å²) in [6, 6.07) is 3.28. The molecule has 0 aliphatic carbocycles. The number of carboxylic acids is 1. The number of carbonyl (C=O) groups is 1. The van der Waals surface area contributed by atoms with Crippen LogP contribution in [0.3, 0.4) is 0 Å². The maximum absolute atomic E-state index is 11.5. The lowest BCUT2D eigenvalue weighted by molar-refractivity contribution is -0.386. The van der Waals surface area contributed by atoms with Gasteiger partial charge in [0, 0.05) is 12.1 Å². The Kier molecular flexibility index (Phi) is 7.11. The Bertz CT molecular complexity index is 1150. The van der Waals surface area contributed by atoms with Crippen molar-refractivity contribution in [2.45, 2.75) is 11.8 Å². The van der Waals surface area contributed by atoms with Crippen molar-refractivity contribution in [1.82, 2.24) is 0 Å². The summed E-state index contributed by atoms with van der Waals surface area (Å²) in [6.07, 6.45) is 0. The molecule has 2 aromatic rings. The molecular formula is C15H12IN3O10S. The summed E-state index contributed by atoms with van der Waals surface area (Å²) in [4.78, 5) is 20.8. The molecule has 0 aromatic heterocycles. The van der Waals surface area contributed by atoms with E-state index in [1.165, 1.54) is 29.9 Å². The first kappa shape index (κ1) is 23.2. The summed E-state index contributed by atoms with van der Waals surface area (Å²) < 4.78 is 42.3. The molecule has 0 amide bonds. The number of phenols is 1. The van der Waals surface area contributed by atoms with Crippen LogP contribution in [-0.4, -0.2) is 40.7 Å². The van der Waals surface area contributed by atoms with Gasteiger partial charge >= 0.3 is 11.7 Å². The van der Waals surface area contributed by atoms with Gasteiger partial charge in [0.25, 0.3) is 10.1 Å². The van der Waals surface area contributed by atoms with E-state index < -0.39 is 54.3 Å². The number of azo groups is 1. The minimum absolute atomic E-state index is 0.0426. The Labute approximate surface area is 182 Å². The van der Waals surface area contributed by atoms with Crippen molar-refractivity contribution in [1.29, 1.82) is 0 Å². The van der Waals surface area contributed by atoms with E-state index in [0.717, 1.165) is 18.2 Å². The number of benzene rings is 2. The van der Waals surface area contributed by atoms with Gasteiger partial charge in [-0.05, 0) is 19.1 Å². The standard InChI is InChI=1S/C15H12IN3O10S/c1-2-28-14-10(3-7(30(25,26)27)4-11(14)19(23)24)18-17-9-5-8(15(21)22)12(20)6-13(9)29-16/h3-6,20H,2H2,1H3,(H,21,22)(H,25,26,27). The molecule has 2 rings (SSSR count). The third-order valence-corrected chi connectivity index (χ3v) is 4.77. The lowest BCUT2D eigenvalue weighted by Crippen LogP contribution is -2.03. The predicted molar refractivity (Wildman–Crippen MR) is 108 cm³/mol. The molecule has 0 aliphatic rings. The number of nitro benzene ring substituents is 1. The minimum Gasteiger partial charge on any atom is -0.507 e. The molecule has 0 fully saturated rings.